The minimum absolute atomic E-state index is 0.0618. The molecule has 8 heteroatoms. The zero-order valence-electron chi connectivity index (χ0n) is 13.4. The van der Waals surface area contributed by atoms with Crippen LogP contribution in [-0.4, -0.2) is 42.0 Å². The molecular weight excluding hydrogens is 327 g/mol. The predicted molar refractivity (Wildman–Crippen MR) is 92.3 cm³/mol. The molecule has 130 valence electrons. The molecule has 1 heterocycles. The molecular formula is C17H17FN4O3. The van der Waals surface area contributed by atoms with Gasteiger partial charge in [0, 0.05) is 37.9 Å². The SMILES string of the molecule is O=C(Nc1ccc(F)cc1)N1CCN(c2ccccc2[N+](=O)[O-])CC1. The van der Waals surface area contributed by atoms with Crippen LogP contribution in [0.15, 0.2) is 48.5 Å². The Morgan fingerprint density at radius 1 is 1.04 bits per heavy atom. The van der Waals surface area contributed by atoms with Crippen LogP contribution in [0.4, 0.5) is 26.2 Å². The van der Waals surface area contributed by atoms with Crippen molar-refractivity contribution in [3.8, 4) is 0 Å². The smallest absolute Gasteiger partial charge is 0.321 e. The standard InChI is InChI=1S/C17H17FN4O3/c18-13-5-7-14(8-6-13)19-17(23)21-11-9-20(10-12-21)15-3-1-2-4-16(15)22(24)25/h1-8H,9-12H2,(H,19,23). The van der Waals surface area contributed by atoms with Crippen LogP contribution in [-0.2, 0) is 0 Å². The van der Waals surface area contributed by atoms with Gasteiger partial charge in [-0.2, -0.15) is 0 Å². The molecule has 1 saturated heterocycles. The molecule has 0 atom stereocenters. The van der Waals surface area contributed by atoms with Crippen molar-refractivity contribution >= 4 is 23.1 Å². The molecule has 2 aromatic carbocycles. The topological polar surface area (TPSA) is 78.7 Å². The summed E-state index contributed by atoms with van der Waals surface area (Å²) in [7, 11) is 0. The summed E-state index contributed by atoms with van der Waals surface area (Å²) in [6.07, 6.45) is 0. The van der Waals surface area contributed by atoms with Crippen molar-refractivity contribution in [2.75, 3.05) is 36.4 Å². The molecule has 0 aromatic heterocycles. The minimum atomic E-state index is -0.400. The molecule has 7 nitrogen and oxygen atoms in total. The molecule has 2 amide bonds. The molecule has 2 aromatic rings. The summed E-state index contributed by atoms with van der Waals surface area (Å²) in [5.41, 5.74) is 1.14. The van der Waals surface area contributed by atoms with Crippen LogP contribution in [0.3, 0.4) is 0 Å². The number of halogens is 1. The number of nitro groups is 1. The van der Waals surface area contributed by atoms with Crippen LogP contribution >= 0.6 is 0 Å². The van der Waals surface area contributed by atoms with Crippen molar-refractivity contribution in [2.24, 2.45) is 0 Å². The molecule has 1 aliphatic rings. The maximum absolute atomic E-state index is 12.9. The lowest BCUT2D eigenvalue weighted by molar-refractivity contribution is -0.384. The number of para-hydroxylation sites is 2. The second-order valence-electron chi connectivity index (χ2n) is 5.66. The highest BCUT2D eigenvalue weighted by Crippen LogP contribution is 2.28. The number of nitro benzene ring substituents is 1. The van der Waals surface area contributed by atoms with Gasteiger partial charge in [-0.3, -0.25) is 10.1 Å². The average Bonchev–Trinajstić information content (AvgIpc) is 2.63. The van der Waals surface area contributed by atoms with Crippen molar-refractivity contribution in [3.05, 3.63) is 64.5 Å². The number of amides is 2. The third-order valence-electron chi connectivity index (χ3n) is 4.08. The summed E-state index contributed by atoms with van der Waals surface area (Å²) in [6, 6.07) is 11.9. The molecule has 0 aliphatic carbocycles. The highest BCUT2D eigenvalue weighted by molar-refractivity contribution is 5.89. The third-order valence-corrected chi connectivity index (χ3v) is 4.08. The number of anilines is 2. The van der Waals surface area contributed by atoms with Crippen LogP contribution in [0.5, 0.6) is 0 Å². The zero-order chi connectivity index (χ0) is 17.8. The first-order valence-corrected chi connectivity index (χ1v) is 7.84. The van der Waals surface area contributed by atoms with E-state index in [1.165, 1.54) is 30.3 Å². The van der Waals surface area contributed by atoms with E-state index in [0.717, 1.165) is 0 Å². The van der Waals surface area contributed by atoms with Crippen LogP contribution in [0.2, 0.25) is 0 Å². The van der Waals surface area contributed by atoms with Gasteiger partial charge < -0.3 is 15.1 Å². The Bertz CT molecular complexity index is 774. The number of hydrogen-bond donors (Lipinski definition) is 1. The highest BCUT2D eigenvalue weighted by atomic mass is 19.1. The molecule has 0 bridgehead atoms. The third kappa shape index (κ3) is 3.85. The highest BCUT2D eigenvalue weighted by Gasteiger charge is 2.25. The fourth-order valence-electron chi connectivity index (χ4n) is 2.77. The van der Waals surface area contributed by atoms with Crippen molar-refractivity contribution in [1.29, 1.82) is 0 Å². The van der Waals surface area contributed by atoms with Gasteiger partial charge in [-0.15, -0.1) is 0 Å². The molecule has 1 N–H and O–H groups in total. The summed E-state index contributed by atoms with van der Waals surface area (Å²) >= 11 is 0. The van der Waals surface area contributed by atoms with E-state index in [0.29, 0.717) is 37.6 Å². The fourth-order valence-corrected chi connectivity index (χ4v) is 2.77. The molecule has 25 heavy (non-hydrogen) atoms. The lowest BCUT2D eigenvalue weighted by Gasteiger charge is -2.35. The fraction of sp³-hybridized carbons (Fsp3) is 0.235. The summed E-state index contributed by atoms with van der Waals surface area (Å²) < 4.78 is 12.9. The van der Waals surface area contributed by atoms with Gasteiger partial charge in [-0.1, -0.05) is 12.1 Å². The number of hydrogen-bond acceptors (Lipinski definition) is 4. The largest absolute Gasteiger partial charge is 0.362 e. The van der Waals surface area contributed by atoms with Crippen LogP contribution in [0, 0.1) is 15.9 Å². The summed E-state index contributed by atoms with van der Waals surface area (Å²) in [5, 5.41) is 13.9. The van der Waals surface area contributed by atoms with Crippen molar-refractivity contribution in [3.63, 3.8) is 0 Å². The minimum Gasteiger partial charge on any atom is -0.362 e. The van der Waals surface area contributed by atoms with E-state index in [4.69, 9.17) is 0 Å². The number of carbonyl (C=O) groups excluding carboxylic acids is 1. The Labute approximate surface area is 143 Å². The first-order valence-electron chi connectivity index (χ1n) is 7.84. The monoisotopic (exact) mass is 344 g/mol. The van der Waals surface area contributed by atoms with E-state index < -0.39 is 4.92 Å². The second-order valence-corrected chi connectivity index (χ2v) is 5.66. The van der Waals surface area contributed by atoms with E-state index >= 15 is 0 Å². The van der Waals surface area contributed by atoms with Gasteiger partial charge in [-0.25, -0.2) is 9.18 Å². The number of nitrogens with one attached hydrogen (secondary N) is 1. The Balaban J connectivity index is 1.61. The molecule has 3 rings (SSSR count). The van der Waals surface area contributed by atoms with E-state index in [9.17, 15) is 19.3 Å². The number of piperazine rings is 1. The van der Waals surface area contributed by atoms with Gasteiger partial charge in [-0.05, 0) is 30.3 Å². The summed E-state index contributed by atoms with van der Waals surface area (Å²) in [4.78, 5) is 26.5. The van der Waals surface area contributed by atoms with E-state index in [2.05, 4.69) is 5.32 Å². The second kappa shape index (κ2) is 7.16. The van der Waals surface area contributed by atoms with E-state index in [1.54, 1.807) is 23.1 Å². The van der Waals surface area contributed by atoms with Gasteiger partial charge in [0.25, 0.3) is 5.69 Å². The van der Waals surface area contributed by atoms with Crippen LogP contribution < -0.4 is 10.2 Å². The first-order chi connectivity index (χ1) is 12.0. The molecule has 0 saturated carbocycles. The van der Waals surface area contributed by atoms with Gasteiger partial charge in [0.05, 0.1) is 4.92 Å². The number of nitrogens with zero attached hydrogens (tertiary/aromatic N) is 3. The Morgan fingerprint density at radius 3 is 2.32 bits per heavy atom. The lowest BCUT2D eigenvalue weighted by atomic mass is 10.2. The van der Waals surface area contributed by atoms with Crippen molar-refractivity contribution < 1.29 is 14.1 Å². The van der Waals surface area contributed by atoms with Gasteiger partial charge in [0.15, 0.2) is 0 Å². The molecule has 0 radical (unpaired) electrons. The Hall–Kier alpha value is -3.16. The van der Waals surface area contributed by atoms with Gasteiger partial charge >= 0.3 is 6.03 Å². The van der Waals surface area contributed by atoms with Gasteiger partial charge in [0.1, 0.15) is 11.5 Å². The summed E-state index contributed by atoms with van der Waals surface area (Å²) in [5.74, 6) is -0.365. The van der Waals surface area contributed by atoms with Crippen molar-refractivity contribution in [1.82, 2.24) is 4.90 Å². The maximum Gasteiger partial charge on any atom is 0.321 e. The molecule has 0 spiro atoms. The van der Waals surface area contributed by atoms with Gasteiger partial charge in [0.2, 0.25) is 0 Å². The number of benzene rings is 2. The molecule has 1 aliphatic heterocycles. The number of rotatable bonds is 3. The molecule has 1 fully saturated rings. The Morgan fingerprint density at radius 2 is 1.68 bits per heavy atom. The first kappa shape index (κ1) is 16.7. The van der Waals surface area contributed by atoms with E-state index in [1.807, 2.05) is 4.90 Å². The maximum atomic E-state index is 12.9. The lowest BCUT2D eigenvalue weighted by Crippen LogP contribution is -2.50. The quantitative estimate of drug-likeness (QED) is 0.685. The number of carbonyl (C=O) groups is 1. The summed E-state index contributed by atoms with van der Waals surface area (Å²) in [6.45, 7) is 1.89. The predicted octanol–water partition coefficient (Wildman–Crippen LogP) is 3.09. The van der Waals surface area contributed by atoms with Crippen LogP contribution in [0.1, 0.15) is 0 Å². The van der Waals surface area contributed by atoms with Crippen LogP contribution in [0.25, 0.3) is 0 Å². The number of urea groups is 1. The zero-order valence-corrected chi connectivity index (χ0v) is 13.4. The molecule has 0 unspecified atom stereocenters. The normalized spacial score (nSPS) is 14.3. The average molecular weight is 344 g/mol. The Kier molecular flexibility index (Phi) is 4.78. The van der Waals surface area contributed by atoms with Crippen molar-refractivity contribution in [2.45, 2.75) is 0 Å². The van der Waals surface area contributed by atoms with E-state index in [-0.39, 0.29) is 17.5 Å².